The van der Waals surface area contributed by atoms with Crippen molar-refractivity contribution in [2.24, 2.45) is 16.6 Å². The lowest BCUT2D eigenvalue weighted by atomic mass is 10.2. The van der Waals surface area contributed by atoms with E-state index in [0.717, 1.165) is 17.0 Å². The number of hydrogen-bond donors (Lipinski definition) is 2. The van der Waals surface area contributed by atoms with E-state index in [1.54, 1.807) is 14.2 Å². The van der Waals surface area contributed by atoms with Gasteiger partial charge in [0.1, 0.15) is 5.75 Å². The summed E-state index contributed by atoms with van der Waals surface area (Å²) in [5, 5.41) is 3.05. The van der Waals surface area contributed by atoms with Gasteiger partial charge in [-0.1, -0.05) is 26.0 Å². The Bertz CT molecular complexity index is 751. The summed E-state index contributed by atoms with van der Waals surface area (Å²) < 4.78 is 16.2. The van der Waals surface area contributed by atoms with E-state index in [4.69, 9.17) is 19.9 Å². The molecule has 0 fully saturated rings. The van der Waals surface area contributed by atoms with Crippen molar-refractivity contribution in [1.29, 1.82) is 0 Å². The number of benzene rings is 2. The van der Waals surface area contributed by atoms with Gasteiger partial charge in [-0.25, -0.2) is 4.99 Å². The lowest BCUT2D eigenvalue weighted by molar-refractivity contribution is 0.271. The van der Waals surface area contributed by atoms with E-state index >= 15 is 0 Å². The van der Waals surface area contributed by atoms with Crippen LogP contribution < -0.4 is 25.3 Å². The van der Waals surface area contributed by atoms with Gasteiger partial charge in [-0.15, -0.1) is 24.0 Å². The SMILES string of the molecule is COc1ccc(NC(N)=NCc2cccc(OCC(C)C)c2)cc1OC.I. The Kier molecular flexibility index (Phi) is 9.77. The fourth-order valence-electron chi connectivity index (χ4n) is 2.27. The number of nitrogens with two attached hydrogens (primary N) is 1. The second kappa shape index (κ2) is 11.5. The number of rotatable bonds is 8. The number of nitrogens with zero attached hydrogens (tertiary/aromatic N) is 1. The average Bonchev–Trinajstić information content (AvgIpc) is 2.65. The van der Waals surface area contributed by atoms with Crippen LogP contribution in [0.1, 0.15) is 19.4 Å². The summed E-state index contributed by atoms with van der Waals surface area (Å²) in [6.07, 6.45) is 0. The van der Waals surface area contributed by atoms with E-state index in [1.165, 1.54) is 0 Å². The molecule has 0 spiro atoms. The van der Waals surface area contributed by atoms with Crippen molar-refractivity contribution in [1.82, 2.24) is 0 Å². The molecule has 0 aliphatic rings. The first kappa shape index (κ1) is 22.9. The van der Waals surface area contributed by atoms with Crippen LogP contribution in [0.4, 0.5) is 5.69 Å². The lowest BCUT2D eigenvalue weighted by Crippen LogP contribution is -2.22. The monoisotopic (exact) mass is 485 g/mol. The minimum absolute atomic E-state index is 0. The summed E-state index contributed by atoms with van der Waals surface area (Å²) in [5.41, 5.74) is 7.79. The zero-order valence-corrected chi connectivity index (χ0v) is 18.5. The van der Waals surface area contributed by atoms with E-state index in [-0.39, 0.29) is 24.0 Å². The number of anilines is 1. The number of methoxy groups -OCH3 is 2. The van der Waals surface area contributed by atoms with Crippen molar-refractivity contribution in [3.63, 3.8) is 0 Å². The van der Waals surface area contributed by atoms with Crippen LogP contribution in [-0.2, 0) is 6.54 Å². The molecule has 3 N–H and O–H groups in total. The third kappa shape index (κ3) is 7.54. The summed E-state index contributed by atoms with van der Waals surface area (Å²) in [6.45, 7) is 5.39. The second-order valence-corrected chi connectivity index (χ2v) is 6.25. The third-order valence-corrected chi connectivity index (χ3v) is 3.57. The molecule has 0 radical (unpaired) electrons. The molecule has 0 amide bonds. The number of aliphatic imine (C=N–C) groups is 1. The van der Waals surface area contributed by atoms with Gasteiger partial charge in [0.25, 0.3) is 0 Å². The first-order valence-corrected chi connectivity index (χ1v) is 8.52. The molecule has 7 heteroatoms. The number of guanidine groups is 1. The van der Waals surface area contributed by atoms with E-state index in [9.17, 15) is 0 Å². The van der Waals surface area contributed by atoms with Crippen LogP contribution in [0, 0.1) is 5.92 Å². The standard InChI is InChI=1S/C20H27N3O3.HI/c1-14(2)13-26-17-7-5-6-15(10-17)12-22-20(21)23-16-8-9-18(24-3)19(11-16)25-4;/h5-11,14H,12-13H2,1-4H3,(H3,21,22,23);1H. The van der Waals surface area contributed by atoms with E-state index < -0.39 is 0 Å². The number of nitrogens with one attached hydrogen (secondary N) is 1. The Labute approximate surface area is 178 Å². The molecule has 2 rings (SSSR count). The molecular formula is C20H28IN3O3. The molecule has 2 aromatic carbocycles. The van der Waals surface area contributed by atoms with Gasteiger partial charge in [0, 0.05) is 11.8 Å². The molecule has 0 atom stereocenters. The Morgan fingerprint density at radius 3 is 2.48 bits per heavy atom. The van der Waals surface area contributed by atoms with Crippen molar-refractivity contribution in [2.75, 3.05) is 26.1 Å². The molecule has 0 aliphatic carbocycles. The molecule has 0 heterocycles. The molecule has 27 heavy (non-hydrogen) atoms. The Hall–Kier alpha value is -2.16. The first-order valence-electron chi connectivity index (χ1n) is 8.52. The minimum Gasteiger partial charge on any atom is -0.493 e. The highest BCUT2D eigenvalue weighted by molar-refractivity contribution is 14.0. The van der Waals surface area contributed by atoms with Gasteiger partial charge in [0.05, 0.1) is 27.4 Å². The lowest BCUT2D eigenvalue weighted by Gasteiger charge is -2.11. The van der Waals surface area contributed by atoms with Crippen LogP contribution in [0.2, 0.25) is 0 Å². The highest BCUT2D eigenvalue weighted by Crippen LogP contribution is 2.29. The molecule has 0 saturated heterocycles. The summed E-state index contributed by atoms with van der Waals surface area (Å²) in [5.74, 6) is 2.94. The predicted octanol–water partition coefficient (Wildman–Crippen LogP) is 4.28. The fraction of sp³-hybridized carbons (Fsp3) is 0.350. The molecule has 0 unspecified atom stereocenters. The average molecular weight is 485 g/mol. The van der Waals surface area contributed by atoms with Crippen molar-refractivity contribution in [2.45, 2.75) is 20.4 Å². The van der Waals surface area contributed by atoms with Crippen LogP contribution in [0.25, 0.3) is 0 Å². The van der Waals surface area contributed by atoms with Gasteiger partial charge < -0.3 is 25.3 Å². The van der Waals surface area contributed by atoms with Gasteiger partial charge in [-0.05, 0) is 35.7 Å². The summed E-state index contributed by atoms with van der Waals surface area (Å²) in [4.78, 5) is 4.38. The Balaban J connectivity index is 0.00000364. The Morgan fingerprint density at radius 2 is 1.81 bits per heavy atom. The molecule has 0 aromatic heterocycles. The van der Waals surface area contributed by atoms with Crippen LogP contribution in [0.3, 0.4) is 0 Å². The zero-order chi connectivity index (χ0) is 18.9. The van der Waals surface area contributed by atoms with Crippen molar-refractivity contribution < 1.29 is 14.2 Å². The topological polar surface area (TPSA) is 78.1 Å². The largest absolute Gasteiger partial charge is 0.493 e. The highest BCUT2D eigenvalue weighted by atomic mass is 127. The molecule has 148 valence electrons. The fourth-order valence-corrected chi connectivity index (χ4v) is 2.27. The predicted molar refractivity (Wildman–Crippen MR) is 121 cm³/mol. The van der Waals surface area contributed by atoms with Gasteiger partial charge >= 0.3 is 0 Å². The third-order valence-electron chi connectivity index (χ3n) is 3.57. The van der Waals surface area contributed by atoms with Crippen molar-refractivity contribution in [3.8, 4) is 17.2 Å². The molecular weight excluding hydrogens is 457 g/mol. The maximum Gasteiger partial charge on any atom is 0.193 e. The van der Waals surface area contributed by atoms with Gasteiger partial charge in [-0.3, -0.25) is 0 Å². The molecule has 0 aliphatic heterocycles. The van der Waals surface area contributed by atoms with Crippen molar-refractivity contribution in [3.05, 3.63) is 48.0 Å². The first-order chi connectivity index (χ1) is 12.5. The highest BCUT2D eigenvalue weighted by Gasteiger charge is 2.05. The summed E-state index contributed by atoms with van der Waals surface area (Å²) in [6, 6.07) is 13.3. The van der Waals surface area contributed by atoms with Gasteiger partial charge in [0.2, 0.25) is 0 Å². The van der Waals surface area contributed by atoms with E-state index in [2.05, 4.69) is 24.2 Å². The van der Waals surface area contributed by atoms with Gasteiger partial charge in [0.15, 0.2) is 17.5 Å². The van der Waals surface area contributed by atoms with Crippen LogP contribution in [-0.4, -0.2) is 26.8 Å². The normalized spacial score (nSPS) is 10.9. The number of hydrogen-bond acceptors (Lipinski definition) is 4. The molecule has 2 aromatic rings. The quantitative estimate of drug-likeness (QED) is 0.332. The van der Waals surface area contributed by atoms with Crippen LogP contribution >= 0.6 is 24.0 Å². The minimum atomic E-state index is 0. The molecule has 0 bridgehead atoms. The smallest absolute Gasteiger partial charge is 0.193 e. The second-order valence-electron chi connectivity index (χ2n) is 6.25. The van der Waals surface area contributed by atoms with E-state index in [0.29, 0.717) is 36.5 Å². The Morgan fingerprint density at radius 1 is 1.07 bits per heavy atom. The van der Waals surface area contributed by atoms with Gasteiger partial charge in [-0.2, -0.15) is 0 Å². The summed E-state index contributed by atoms with van der Waals surface area (Å²) in [7, 11) is 3.19. The molecule has 0 saturated carbocycles. The maximum atomic E-state index is 5.99. The number of halogens is 1. The molecule has 6 nitrogen and oxygen atoms in total. The zero-order valence-electron chi connectivity index (χ0n) is 16.2. The van der Waals surface area contributed by atoms with Crippen molar-refractivity contribution >= 4 is 35.6 Å². The van der Waals surface area contributed by atoms with Crippen LogP contribution in [0.5, 0.6) is 17.2 Å². The maximum absolute atomic E-state index is 5.99. The summed E-state index contributed by atoms with van der Waals surface area (Å²) >= 11 is 0. The van der Waals surface area contributed by atoms with E-state index in [1.807, 2.05) is 42.5 Å². The van der Waals surface area contributed by atoms with Crippen LogP contribution in [0.15, 0.2) is 47.5 Å². The number of ether oxygens (including phenoxy) is 3.